The van der Waals surface area contributed by atoms with Gasteiger partial charge in [0, 0.05) is 17.5 Å². The summed E-state index contributed by atoms with van der Waals surface area (Å²) < 4.78 is 0. The molecule has 0 aliphatic carbocycles. The van der Waals surface area contributed by atoms with Crippen molar-refractivity contribution in [3.05, 3.63) is 27.1 Å². The minimum Gasteiger partial charge on any atom is -0.393 e. The highest BCUT2D eigenvalue weighted by Gasteiger charge is 2.08. The molecule has 0 saturated heterocycles. The molecule has 1 aromatic heterocycles. The molecule has 1 atom stereocenters. The summed E-state index contributed by atoms with van der Waals surface area (Å²) in [5.41, 5.74) is 0. The third kappa shape index (κ3) is 4.69. The lowest BCUT2D eigenvalue weighted by atomic mass is 10.2. The molecule has 0 amide bonds. The van der Waals surface area contributed by atoms with Gasteiger partial charge in [-0.1, -0.05) is 11.3 Å². The summed E-state index contributed by atoms with van der Waals surface area (Å²) in [6.07, 6.45) is 1.42. The Morgan fingerprint density at radius 1 is 1.62 bits per heavy atom. The van der Waals surface area contributed by atoms with Crippen molar-refractivity contribution in [2.24, 2.45) is 0 Å². The van der Waals surface area contributed by atoms with Gasteiger partial charge in [0.05, 0.1) is 11.0 Å². The van der Waals surface area contributed by atoms with E-state index in [9.17, 15) is 10.1 Å². The zero-order chi connectivity index (χ0) is 12.0. The summed E-state index contributed by atoms with van der Waals surface area (Å²) in [5, 5.41) is 22.8. The molecule has 2 N–H and O–H groups in total. The van der Waals surface area contributed by atoms with Crippen molar-refractivity contribution >= 4 is 16.3 Å². The SMILES string of the molecule is CC(O)CCCNCc1ccc([N+](=O)[O-])s1. The molecule has 1 aromatic rings. The summed E-state index contributed by atoms with van der Waals surface area (Å²) >= 11 is 1.19. The van der Waals surface area contributed by atoms with E-state index in [0.29, 0.717) is 6.54 Å². The average molecular weight is 244 g/mol. The highest BCUT2D eigenvalue weighted by molar-refractivity contribution is 7.15. The highest BCUT2D eigenvalue weighted by atomic mass is 32.1. The number of nitro groups is 1. The molecule has 0 spiro atoms. The van der Waals surface area contributed by atoms with Crippen LogP contribution in [0.4, 0.5) is 5.00 Å². The molecule has 0 fully saturated rings. The van der Waals surface area contributed by atoms with Gasteiger partial charge in [-0.2, -0.15) is 0 Å². The van der Waals surface area contributed by atoms with Crippen LogP contribution >= 0.6 is 11.3 Å². The Kier molecular flexibility index (Phi) is 5.37. The van der Waals surface area contributed by atoms with Crippen LogP contribution in [0.1, 0.15) is 24.6 Å². The quantitative estimate of drug-likeness (QED) is 0.436. The Bertz CT molecular complexity index is 339. The molecule has 0 bridgehead atoms. The summed E-state index contributed by atoms with van der Waals surface area (Å²) in [6, 6.07) is 3.29. The minimum absolute atomic E-state index is 0.181. The second kappa shape index (κ2) is 6.57. The fraction of sp³-hybridized carbons (Fsp3) is 0.600. The van der Waals surface area contributed by atoms with Crippen LogP contribution < -0.4 is 5.32 Å². The summed E-state index contributed by atoms with van der Waals surface area (Å²) in [5.74, 6) is 0. The van der Waals surface area contributed by atoms with Gasteiger partial charge < -0.3 is 10.4 Å². The number of nitrogens with zero attached hydrogens (tertiary/aromatic N) is 1. The van der Waals surface area contributed by atoms with Crippen molar-refractivity contribution in [1.82, 2.24) is 5.32 Å². The summed E-state index contributed by atoms with van der Waals surface area (Å²) in [7, 11) is 0. The van der Waals surface area contributed by atoms with Crippen molar-refractivity contribution in [3.63, 3.8) is 0 Å². The second-order valence-corrected chi connectivity index (χ2v) is 4.81. The Morgan fingerprint density at radius 2 is 2.38 bits per heavy atom. The van der Waals surface area contributed by atoms with Gasteiger partial charge in [0.15, 0.2) is 0 Å². The van der Waals surface area contributed by atoms with Gasteiger partial charge >= 0.3 is 5.00 Å². The van der Waals surface area contributed by atoms with Crippen molar-refractivity contribution in [1.29, 1.82) is 0 Å². The van der Waals surface area contributed by atoms with Crippen molar-refractivity contribution in [3.8, 4) is 0 Å². The second-order valence-electron chi connectivity index (χ2n) is 3.67. The Morgan fingerprint density at radius 3 is 2.94 bits per heavy atom. The van der Waals surface area contributed by atoms with Crippen LogP contribution in [0.25, 0.3) is 0 Å². The number of aliphatic hydroxyl groups excluding tert-OH is 1. The number of aliphatic hydroxyl groups is 1. The van der Waals surface area contributed by atoms with E-state index in [1.165, 1.54) is 17.4 Å². The van der Waals surface area contributed by atoms with Crippen LogP contribution in [0.3, 0.4) is 0 Å². The summed E-state index contributed by atoms with van der Waals surface area (Å²) in [6.45, 7) is 3.23. The standard InChI is InChI=1S/C10H16N2O3S/c1-8(13)3-2-6-11-7-9-4-5-10(16-9)12(14)15/h4-5,8,11,13H,2-3,6-7H2,1H3. The van der Waals surface area contributed by atoms with Gasteiger partial charge in [-0.25, -0.2) is 0 Å². The molecular weight excluding hydrogens is 228 g/mol. The molecule has 6 heteroatoms. The van der Waals surface area contributed by atoms with E-state index in [1.807, 2.05) is 0 Å². The molecule has 5 nitrogen and oxygen atoms in total. The van der Waals surface area contributed by atoms with Crippen LogP contribution in [-0.4, -0.2) is 22.7 Å². The first-order chi connectivity index (χ1) is 7.59. The van der Waals surface area contributed by atoms with Gasteiger partial charge in [-0.3, -0.25) is 10.1 Å². The lowest BCUT2D eigenvalue weighted by Crippen LogP contribution is -2.15. The largest absolute Gasteiger partial charge is 0.393 e. The van der Waals surface area contributed by atoms with Crippen LogP contribution in [0.5, 0.6) is 0 Å². The van der Waals surface area contributed by atoms with E-state index in [0.717, 1.165) is 24.3 Å². The maximum atomic E-state index is 10.4. The molecule has 1 heterocycles. The third-order valence-corrected chi connectivity index (χ3v) is 3.14. The lowest BCUT2D eigenvalue weighted by molar-refractivity contribution is -0.380. The zero-order valence-corrected chi connectivity index (χ0v) is 10.00. The molecule has 0 aromatic carbocycles. The van der Waals surface area contributed by atoms with E-state index < -0.39 is 0 Å². The lowest BCUT2D eigenvalue weighted by Gasteiger charge is -2.04. The molecule has 16 heavy (non-hydrogen) atoms. The van der Waals surface area contributed by atoms with E-state index in [2.05, 4.69) is 5.32 Å². The first-order valence-electron chi connectivity index (χ1n) is 5.21. The third-order valence-electron chi connectivity index (χ3n) is 2.10. The Labute approximate surface area is 98.3 Å². The monoisotopic (exact) mass is 244 g/mol. The van der Waals surface area contributed by atoms with Crippen molar-refractivity contribution in [2.75, 3.05) is 6.54 Å². The molecular formula is C10H16N2O3S. The van der Waals surface area contributed by atoms with Crippen LogP contribution in [0.2, 0.25) is 0 Å². The van der Waals surface area contributed by atoms with Gasteiger partial charge in [-0.15, -0.1) is 0 Å². The topological polar surface area (TPSA) is 75.4 Å². The normalized spacial score (nSPS) is 12.6. The number of rotatable bonds is 7. The van der Waals surface area contributed by atoms with Gasteiger partial charge in [0.2, 0.25) is 0 Å². The van der Waals surface area contributed by atoms with Gasteiger partial charge in [-0.05, 0) is 32.4 Å². The molecule has 0 radical (unpaired) electrons. The van der Waals surface area contributed by atoms with E-state index in [-0.39, 0.29) is 16.0 Å². The smallest absolute Gasteiger partial charge is 0.324 e. The van der Waals surface area contributed by atoms with Gasteiger partial charge in [0.1, 0.15) is 0 Å². The predicted octanol–water partition coefficient (Wildman–Crippen LogP) is 1.91. The fourth-order valence-corrected chi connectivity index (χ4v) is 2.08. The molecule has 1 rings (SSSR count). The minimum atomic E-state index is -0.373. The number of nitrogens with one attached hydrogen (secondary N) is 1. The predicted molar refractivity (Wildman–Crippen MR) is 63.6 cm³/mol. The number of hydrogen-bond acceptors (Lipinski definition) is 5. The fourth-order valence-electron chi connectivity index (χ4n) is 1.29. The number of thiophene rings is 1. The molecule has 0 aliphatic heterocycles. The number of hydrogen-bond donors (Lipinski definition) is 2. The molecule has 0 saturated carbocycles. The van der Waals surface area contributed by atoms with E-state index in [1.54, 1.807) is 13.0 Å². The molecule has 90 valence electrons. The Hall–Kier alpha value is -0.980. The van der Waals surface area contributed by atoms with Crippen LogP contribution in [0.15, 0.2) is 12.1 Å². The van der Waals surface area contributed by atoms with Gasteiger partial charge in [0.25, 0.3) is 0 Å². The maximum absolute atomic E-state index is 10.4. The maximum Gasteiger partial charge on any atom is 0.324 e. The van der Waals surface area contributed by atoms with E-state index in [4.69, 9.17) is 5.11 Å². The first-order valence-corrected chi connectivity index (χ1v) is 6.03. The first kappa shape index (κ1) is 13.1. The highest BCUT2D eigenvalue weighted by Crippen LogP contribution is 2.23. The van der Waals surface area contributed by atoms with E-state index >= 15 is 0 Å². The van der Waals surface area contributed by atoms with Crippen molar-refractivity contribution < 1.29 is 10.0 Å². The zero-order valence-electron chi connectivity index (χ0n) is 9.18. The van der Waals surface area contributed by atoms with Crippen LogP contribution in [0, 0.1) is 10.1 Å². The van der Waals surface area contributed by atoms with Crippen molar-refractivity contribution in [2.45, 2.75) is 32.4 Å². The molecule has 0 aliphatic rings. The Balaban J connectivity index is 2.19. The average Bonchev–Trinajstić information content (AvgIpc) is 2.65. The van der Waals surface area contributed by atoms with Crippen LogP contribution in [-0.2, 0) is 6.54 Å². The summed E-state index contributed by atoms with van der Waals surface area (Å²) in [4.78, 5) is 11.0. The molecule has 1 unspecified atom stereocenters.